The van der Waals surface area contributed by atoms with Crippen LogP contribution < -0.4 is 4.90 Å². The summed E-state index contributed by atoms with van der Waals surface area (Å²) in [5.74, 6) is 0.680. The molecule has 2 nitrogen and oxygen atoms in total. The fraction of sp³-hybridized carbons (Fsp3) is 0.600. The molecule has 18 heavy (non-hydrogen) atoms. The third kappa shape index (κ3) is 3.27. The maximum Gasteiger partial charge on any atom is 0.0507 e. The third-order valence-corrected chi connectivity index (χ3v) is 4.33. The van der Waals surface area contributed by atoms with Gasteiger partial charge in [-0.25, -0.2) is 0 Å². The van der Waals surface area contributed by atoms with E-state index in [4.69, 9.17) is 4.74 Å². The number of alkyl halides is 1. The molecule has 1 heterocycles. The maximum absolute atomic E-state index is 5.30. The second-order valence-corrected chi connectivity index (χ2v) is 5.72. The minimum absolute atomic E-state index is 0.680. The highest BCUT2D eigenvalue weighted by atomic mass is 79.9. The van der Waals surface area contributed by atoms with Crippen LogP contribution in [0.4, 0.5) is 5.69 Å². The Morgan fingerprint density at radius 2 is 2.28 bits per heavy atom. The van der Waals surface area contributed by atoms with E-state index in [1.54, 1.807) is 7.11 Å². The summed E-state index contributed by atoms with van der Waals surface area (Å²) in [7, 11) is 1.80. The first-order valence-corrected chi connectivity index (χ1v) is 7.76. The van der Waals surface area contributed by atoms with E-state index in [1.807, 2.05) is 0 Å². The smallest absolute Gasteiger partial charge is 0.0507 e. The van der Waals surface area contributed by atoms with Crippen LogP contribution in [-0.4, -0.2) is 26.8 Å². The number of hydrogen-bond acceptors (Lipinski definition) is 2. The summed E-state index contributed by atoms with van der Waals surface area (Å²) in [4.78, 5) is 2.51. The van der Waals surface area contributed by atoms with E-state index in [1.165, 1.54) is 36.2 Å². The van der Waals surface area contributed by atoms with Crippen LogP contribution in [0.15, 0.2) is 18.2 Å². The van der Waals surface area contributed by atoms with Crippen molar-refractivity contribution < 1.29 is 4.74 Å². The third-order valence-electron chi connectivity index (χ3n) is 3.68. The van der Waals surface area contributed by atoms with Gasteiger partial charge in [-0.15, -0.1) is 0 Å². The van der Waals surface area contributed by atoms with Crippen LogP contribution in [0.5, 0.6) is 0 Å². The quantitative estimate of drug-likeness (QED) is 0.785. The number of hydrogen-bond donors (Lipinski definition) is 0. The molecule has 0 saturated carbocycles. The molecule has 1 unspecified atom stereocenters. The summed E-state index contributed by atoms with van der Waals surface area (Å²) in [5.41, 5.74) is 4.12. The van der Waals surface area contributed by atoms with E-state index in [9.17, 15) is 0 Å². The average molecular weight is 312 g/mol. The molecule has 1 saturated heterocycles. The van der Waals surface area contributed by atoms with Gasteiger partial charge in [-0.2, -0.15) is 0 Å². The number of halogens is 1. The predicted molar refractivity (Wildman–Crippen MR) is 80.6 cm³/mol. The molecule has 0 radical (unpaired) electrons. The molecule has 1 aliphatic rings. The Hall–Kier alpha value is -0.540. The van der Waals surface area contributed by atoms with E-state index >= 15 is 0 Å². The van der Waals surface area contributed by atoms with E-state index < -0.39 is 0 Å². The highest BCUT2D eigenvalue weighted by Crippen LogP contribution is 2.27. The van der Waals surface area contributed by atoms with E-state index in [0.717, 1.165) is 18.5 Å². The van der Waals surface area contributed by atoms with Gasteiger partial charge in [0.2, 0.25) is 0 Å². The van der Waals surface area contributed by atoms with Gasteiger partial charge in [0.15, 0.2) is 0 Å². The lowest BCUT2D eigenvalue weighted by molar-refractivity contribution is 0.143. The van der Waals surface area contributed by atoms with Crippen LogP contribution in [0.2, 0.25) is 0 Å². The van der Waals surface area contributed by atoms with Crippen LogP contribution in [0.1, 0.15) is 24.0 Å². The minimum Gasteiger partial charge on any atom is -0.384 e. The first-order chi connectivity index (χ1) is 8.74. The van der Waals surface area contributed by atoms with Crippen LogP contribution in [0.25, 0.3) is 0 Å². The van der Waals surface area contributed by atoms with Crippen LogP contribution >= 0.6 is 15.9 Å². The zero-order chi connectivity index (χ0) is 13.0. The highest BCUT2D eigenvalue weighted by molar-refractivity contribution is 9.08. The Kier molecular flexibility index (Phi) is 5.07. The number of piperidine rings is 1. The summed E-state index contributed by atoms with van der Waals surface area (Å²) in [5, 5.41) is 0.931. The van der Waals surface area contributed by atoms with Crippen molar-refractivity contribution in [3.05, 3.63) is 29.3 Å². The van der Waals surface area contributed by atoms with Gasteiger partial charge in [0.1, 0.15) is 0 Å². The predicted octanol–water partition coefficient (Wildman–Crippen LogP) is 3.75. The minimum atomic E-state index is 0.680. The first kappa shape index (κ1) is 13.9. The molecule has 2 rings (SSSR count). The number of methoxy groups -OCH3 is 1. The number of anilines is 1. The monoisotopic (exact) mass is 311 g/mol. The SMILES string of the molecule is COCC1CCCN(c2ccc(CBr)cc2C)C1. The Labute approximate surface area is 118 Å². The first-order valence-electron chi connectivity index (χ1n) is 6.64. The molecule has 0 bridgehead atoms. The second kappa shape index (κ2) is 6.58. The second-order valence-electron chi connectivity index (χ2n) is 5.16. The van der Waals surface area contributed by atoms with E-state index in [2.05, 4.69) is 46.0 Å². The van der Waals surface area contributed by atoms with Crippen LogP contribution in [0.3, 0.4) is 0 Å². The molecule has 3 heteroatoms. The molecule has 1 atom stereocenters. The summed E-state index contributed by atoms with van der Waals surface area (Å²) in [6.45, 7) is 5.40. The molecule has 1 fully saturated rings. The van der Waals surface area contributed by atoms with Crippen LogP contribution in [-0.2, 0) is 10.1 Å². The summed E-state index contributed by atoms with van der Waals surface area (Å²) >= 11 is 3.51. The Morgan fingerprint density at radius 1 is 1.44 bits per heavy atom. The average Bonchev–Trinajstić information content (AvgIpc) is 2.39. The fourth-order valence-corrected chi connectivity index (χ4v) is 3.16. The van der Waals surface area contributed by atoms with Gasteiger partial charge >= 0.3 is 0 Å². The molecular weight excluding hydrogens is 290 g/mol. The molecule has 0 aliphatic carbocycles. The van der Waals surface area contributed by atoms with Crippen molar-refractivity contribution >= 4 is 21.6 Å². The van der Waals surface area contributed by atoms with E-state index in [-0.39, 0.29) is 0 Å². The van der Waals surface area contributed by atoms with Crippen molar-refractivity contribution in [1.29, 1.82) is 0 Å². The summed E-state index contributed by atoms with van der Waals surface area (Å²) in [6.07, 6.45) is 2.57. The molecule has 0 spiro atoms. The summed E-state index contributed by atoms with van der Waals surface area (Å²) in [6, 6.07) is 6.77. The normalized spacial score (nSPS) is 20.2. The fourth-order valence-electron chi connectivity index (χ4n) is 2.81. The Balaban J connectivity index is 2.10. The van der Waals surface area contributed by atoms with Gasteiger partial charge in [0, 0.05) is 31.2 Å². The highest BCUT2D eigenvalue weighted by Gasteiger charge is 2.20. The van der Waals surface area contributed by atoms with Crippen LogP contribution in [0, 0.1) is 12.8 Å². The number of benzene rings is 1. The van der Waals surface area contributed by atoms with Crippen molar-refractivity contribution in [2.24, 2.45) is 5.92 Å². The lowest BCUT2D eigenvalue weighted by Crippen LogP contribution is -2.37. The molecule has 1 aromatic carbocycles. The molecule has 100 valence electrons. The van der Waals surface area contributed by atoms with Crippen molar-refractivity contribution in [2.45, 2.75) is 25.1 Å². The number of rotatable bonds is 4. The summed E-state index contributed by atoms with van der Waals surface area (Å²) < 4.78 is 5.30. The van der Waals surface area contributed by atoms with E-state index in [0.29, 0.717) is 5.92 Å². The molecule has 0 aromatic heterocycles. The lowest BCUT2D eigenvalue weighted by atomic mass is 9.97. The molecule has 1 aromatic rings. The topological polar surface area (TPSA) is 12.5 Å². The Morgan fingerprint density at radius 3 is 2.94 bits per heavy atom. The van der Waals surface area contributed by atoms with Gasteiger partial charge in [0.25, 0.3) is 0 Å². The molecule has 0 N–H and O–H groups in total. The van der Waals surface area contributed by atoms with Gasteiger partial charge < -0.3 is 9.64 Å². The standard InChI is InChI=1S/C15H22BrNO/c1-12-8-13(9-16)5-6-15(12)17-7-3-4-14(10-17)11-18-2/h5-6,8,14H,3-4,7,9-11H2,1-2H3. The zero-order valence-electron chi connectivity index (χ0n) is 11.3. The zero-order valence-corrected chi connectivity index (χ0v) is 12.9. The van der Waals surface area contributed by atoms with Gasteiger partial charge in [-0.1, -0.05) is 28.1 Å². The molecule has 1 aliphatic heterocycles. The van der Waals surface area contributed by atoms with Gasteiger partial charge in [0.05, 0.1) is 6.61 Å². The van der Waals surface area contributed by atoms with Gasteiger partial charge in [-0.3, -0.25) is 0 Å². The largest absolute Gasteiger partial charge is 0.384 e. The van der Waals surface area contributed by atoms with Crippen molar-refractivity contribution in [3.8, 4) is 0 Å². The van der Waals surface area contributed by atoms with Crippen molar-refractivity contribution in [2.75, 3.05) is 31.7 Å². The molecular formula is C15H22BrNO. The Bertz CT molecular complexity index is 392. The van der Waals surface area contributed by atoms with Gasteiger partial charge in [-0.05, 0) is 42.9 Å². The maximum atomic E-state index is 5.30. The number of aryl methyl sites for hydroxylation is 1. The lowest BCUT2D eigenvalue weighted by Gasteiger charge is -2.35. The molecule has 0 amide bonds. The number of nitrogens with zero attached hydrogens (tertiary/aromatic N) is 1. The van der Waals surface area contributed by atoms with Crippen molar-refractivity contribution in [1.82, 2.24) is 0 Å². The number of ether oxygens (including phenoxy) is 1. The van der Waals surface area contributed by atoms with Crippen molar-refractivity contribution in [3.63, 3.8) is 0 Å².